The van der Waals surface area contributed by atoms with Gasteiger partial charge in [-0.1, -0.05) is 0 Å². The minimum atomic E-state index is -0.664. The van der Waals surface area contributed by atoms with Crippen LogP contribution in [-0.4, -0.2) is 53.8 Å². The average Bonchev–Trinajstić information content (AvgIpc) is 2.95. The zero-order valence-electron chi connectivity index (χ0n) is 10.1. The molecule has 102 valence electrons. The van der Waals surface area contributed by atoms with Gasteiger partial charge in [0.15, 0.2) is 6.10 Å². The highest BCUT2D eigenvalue weighted by molar-refractivity contribution is 5.89. The number of benzene rings is 1. The molecule has 0 aliphatic carbocycles. The van der Waals surface area contributed by atoms with Crippen molar-refractivity contribution in [2.24, 2.45) is 0 Å². The minimum Gasteiger partial charge on any atom is -0.508 e. The maximum atomic E-state index is 11.9. The molecule has 0 amide bonds. The first-order valence-corrected chi connectivity index (χ1v) is 6.06. The van der Waals surface area contributed by atoms with Gasteiger partial charge in [0, 0.05) is 0 Å². The Bertz CT molecular complexity index is 471. The fourth-order valence-corrected chi connectivity index (χ4v) is 2.35. The number of aliphatic hydroxyl groups is 1. The fourth-order valence-electron chi connectivity index (χ4n) is 2.35. The number of carbonyl (C=O) groups excluding carboxylic acids is 1. The number of esters is 1. The molecule has 1 aromatic rings. The highest BCUT2D eigenvalue weighted by Crippen LogP contribution is 2.29. The highest BCUT2D eigenvalue weighted by Gasteiger charge is 2.48. The van der Waals surface area contributed by atoms with Crippen molar-refractivity contribution in [2.45, 2.75) is 24.4 Å². The van der Waals surface area contributed by atoms with Gasteiger partial charge < -0.3 is 24.4 Å². The molecule has 2 aliphatic heterocycles. The quantitative estimate of drug-likeness (QED) is 0.737. The molecule has 1 unspecified atom stereocenters. The van der Waals surface area contributed by atoms with E-state index < -0.39 is 30.4 Å². The second-order valence-corrected chi connectivity index (χ2v) is 4.65. The van der Waals surface area contributed by atoms with E-state index in [1.165, 1.54) is 24.3 Å². The molecule has 0 spiro atoms. The number of rotatable bonds is 2. The number of carbonyl (C=O) groups is 1. The Morgan fingerprint density at radius 3 is 2.58 bits per heavy atom. The minimum absolute atomic E-state index is 0.0862. The van der Waals surface area contributed by atoms with Crippen molar-refractivity contribution in [1.29, 1.82) is 0 Å². The van der Waals surface area contributed by atoms with Crippen molar-refractivity contribution in [3.05, 3.63) is 29.8 Å². The summed E-state index contributed by atoms with van der Waals surface area (Å²) in [6.45, 7) is 0.415. The Kier molecular flexibility index (Phi) is 3.14. The Morgan fingerprint density at radius 2 is 1.84 bits per heavy atom. The van der Waals surface area contributed by atoms with Crippen LogP contribution in [-0.2, 0) is 14.2 Å². The Labute approximate surface area is 109 Å². The van der Waals surface area contributed by atoms with Crippen LogP contribution in [0.1, 0.15) is 10.4 Å². The van der Waals surface area contributed by atoms with Crippen LogP contribution in [0.4, 0.5) is 0 Å². The normalized spacial score (nSPS) is 33.1. The van der Waals surface area contributed by atoms with Crippen molar-refractivity contribution in [3.63, 3.8) is 0 Å². The van der Waals surface area contributed by atoms with E-state index in [4.69, 9.17) is 19.3 Å². The third-order valence-corrected chi connectivity index (χ3v) is 3.34. The van der Waals surface area contributed by atoms with Gasteiger partial charge in [-0.05, 0) is 24.3 Å². The van der Waals surface area contributed by atoms with Crippen LogP contribution < -0.4 is 0 Å². The molecule has 2 heterocycles. The van der Waals surface area contributed by atoms with E-state index in [0.29, 0.717) is 5.56 Å². The second kappa shape index (κ2) is 4.80. The highest BCUT2D eigenvalue weighted by atomic mass is 16.6. The van der Waals surface area contributed by atoms with Crippen LogP contribution >= 0.6 is 0 Å². The summed E-state index contributed by atoms with van der Waals surface area (Å²) in [5.74, 6) is -0.415. The number of aromatic hydroxyl groups is 1. The average molecular weight is 266 g/mol. The van der Waals surface area contributed by atoms with Crippen LogP contribution in [0.3, 0.4) is 0 Å². The van der Waals surface area contributed by atoms with Gasteiger partial charge >= 0.3 is 5.97 Å². The van der Waals surface area contributed by atoms with Crippen molar-refractivity contribution in [2.75, 3.05) is 13.2 Å². The maximum absolute atomic E-state index is 11.9. The largest absolute Gasteiger partial charge is 0.508 e. The Hall–Kier alpha value is -1.63. The SMILES string of the molecule is O=C(OC1CO[C@H]2[C@@H]1OC[C@@H]2O)c1ccc(O)cc1. The summed E-state index contributed by atoms with van der Waals surface area (Å²) in [7, 11) is 0. The van der Waals surface area contributed by atoms with Crippen LogP contribution in [0.2, 0.25) is 0 Å². The number of ether oxygens (including phenoxy) is 3. The summed E-state index contributed by atoms with van der Waals surface area (Å²) in [5, 5.41) is 18.7. The number of phenolic OH excluding ortho intramolecular Hbond substituents is 1. The first-order chi connectivity index (χ1) is 9.15. The summed E-state index contributed by atoms with van der Waals surface area (Å²) < 4.78 is 16.0. The molecular formula is C13H14O6. The summed E-state index contributed by atoms with van der Waals surface area (Å²) in [6, 6.07) is 5.80. The monoisotopic (exact) mass is 266 g/mol. The number of aliphatic hydroxyl groups excluding tert-OH is 1. The lowest BCUT2D eigenvalue weighted by atomic mass is 10.1. The molecule has 0 radical (unpaired) electrons. The number of hydrogen-bond donors (Lipinski definition) is 2. The van der Waals surface area contributed by atoms with Gasteiger partial charge in [0.2, 0.25) is 0 Å². The number of fused-ring (bicyclic) bond motifs is 1. The smallest absolute Gasteiger partial charge is 0.338 e. The lowest BCUT2D eigenvalue weighted by Gasteiger charge is -2.16. The molecular weight excluding hydrogens is 252 g/mol. The molecule has 2 aliphatic rings. The lowest BCUT2D eigenvalue weighted by molar-refractivity contribution is -0.0209. The van der Waals surface area contributed by atoms with Crippen LogP contribution in [0, 0.1) is 0 Å². The van der Waals surface area contributed by atoms with Crippen molar-refractivity contribution >= 4 is 5.97 Å². The first-order valence-electron chi connectivity index (χ1n) is 6.06. The van der Waals surface area contributed by atoms with E-state index in [2.05, 4.69) is 0 Å². The van der Waals surface area contributed by atoms with E-state index in [-0.39, 0.29) is 19.0 Å². The molecule has 1 aromatic carbocycles. The molecule has 0 bridgehead atoms. The summed E-state index contributed by atoms with van der Waals surface area (Å²) in [5.41, 5.74) is 0.347. The standard InChI is InChI=1S/C13H14O6/c14-8-3-1-7(2-4-8)13(16)19-10-6-18-11-9(15)5-17-12(10)11/h1-4,9-12,14-15H,5-6H2/t9-,10?,11+,12+/m0/s1. The summed E-state index contributed by atoms with van der Waals surface area (Å²) >= 11 is 0. The molecule has 6 nitrogen and oxygen atoms in total. The fraction of sp³-hybridized carbons (Fsp3) is 0.462. The summed E-state index contributed by atoms with van der Waals surface area (Å²) in [4.78, 5) is 11.9. The third kappa shape index (κ3) is 2.30. The van der Waals surface area contributed by atoms with Crippen LogP contribution in [0.15, 0.2) is 24.3 Å². The van der Waals surface area contributed by atoms with Crippen molar-refractivity contribution < 1.29 is 29.2 Å². The molecule has 6 heteroatoms. The van der Waals surface area contributed by atoms with Gasteiger partial charge in [-0.3, -0.25) is 0 Å². The second-order valence-electron chi connectivity index (χ2n) is 4.65. The van der Waals surface area contributed by atoms with Crippen molar-refractivity contribution in [3.8, 4) is 5.75 Å². The molecule has 0 aromatic heterocycles. The van der Waals surface area contributed by atoms with E-state index in [9.17, 15) is 9.90 Å². The van der Waals surface area contributed by atoms with Gasteiger partial charge in [-0.2, -0.15) is 0 Å². The van der Waals surface area contributed by atoms with Gasteiger partial charge in [0.25, 0.3) is 0 Å². The van der Waals surface area contributed by atoms with Gasteiger partial charge in [-0.15, -0.1) is 0 Å². The zero-order chi connectivity index (χ0) is 13.4. The molecule has 2 saturated heterocycles. The van der Waals surface area contributed by atoms with Gasteiger partial charge in [-0.25, -0.2) is 4.79 Å². The van der Waals surface area contributed by atoms with Gasteiger partial charge in [0.1, 0.15) is 24.1 Å². The molecule has 2 fully saturated rings. The summed E-state index contributed by atoms with van der Waals surface area (Å²) in [6.07, 6.45) is -2.00. The predicted octanol–water partition coefficient (Wildman–Crippen LogP) is 0.0761. The molecule has 3 rings (SSSR count). The van der Waals surface area contributed by atoms with Gasteiger partial charge in [0.05, 0.1) is 18.8 Å². The van der Waals surface area contributed by atoms with Crippen LogP contribution in [0.5, 0.6) is 5.75 Å². The molecule has 2 N–H and O–H groups in total. The third-order valence-electron chi connectivity index (χ3n) is 3.34. The van der Waals surface area contributed by atoms with Crippen molar-refractivity contribution in [1.82, 2.24) is 0 Å². The topological polar surface area (TPSA) is 85.2 Å². The first kappa shape index (κ1) is 12.4. The molecule has 19 heavy (non-hydrogen) atoms. The van der Waals surface area contributed by atoms with E-state index in [0.717, 1.165) is 0 Å². The number of hydrogen-bond acceptors (Lipinski definition) is 6. The lowest BCUT2D eigenvalue weighted by Crippen LogP contribution is -2.34. The Balaban J connectivity index is 1.66. The van der Waals surface area contributed by atoms with E-state index in [1.807, 2.05) is 0 Å². The Morgan fingerprint density at radius 1 is 1.16 bits per heavy atom. The zero-order valence-corrected chi connectivity index (χ0v) is 10.1. The van der Waals surface area contributed by atoms with E-state index in [1.54, 1.807) is 0 Å². The number of phenols is 1. The van der Waals surface area contributed by atoms with E-state index >= 15 is 0 Å². The molecule has 0 saturated carbocycles. The predicted molar refractivity (Wildman–Crippen MR) is 62.8 cm³/mol. The van der Waals surface area contributed by atoms with Crippen LogP contribution in [0.25, 0.3) is 0 Å². The molecule has 4 atom stereocenters. The maximum Gasteiger partial charge on any atom is 0.338 e.